The van der Waals surface area contributed by atoms with Crippen molar-refractivity contribution in [1.29, 1.82) is 0 Å². The van der Waals surface area contributed by atoms with Crippen molar-refractivity contribution in [3.63, 3.8) is 0 Å². The van der Waals surface area contributed by atoms with E-state index in [9.17, 15) is 9.59 Å². The number of imidazole rings is 1. The van der Waals surface area contributed by atoms with E-state index in [-0.39, 0.29) is 11.5 Å². The first-order valence-electron chi connectivity index (χ1n) is 13.3. The van der Waals surface area contributed by atoms with Gasteiger partial charge in [0, 0.05) is 45.0 Å². The molecular formula is C29H32N6O3. The third kappa shape index (κ3) is 5.14. The van der Waals surface area contributed by atoms with Gasteiger partial charge in [0.2, 0.25) is 11.9 Å². The van der Waals surface area contributed by atoms with Gasteiger partial charge >= 0.3 is 0 Å². The van der Waals surface area contributed by atoms with Crippen LogP contribution in [-0.2, 0) is 18.4 Å². The maximum Gasteiger partial charge on any atom is 0.274 e. The number of nitrogens with one attached hydrogen (secondary N) is 2. The molecule has 1 aromatic carbocycles. The van der Waals surface area contributed by atoms with E-state index in [0.29, 0.717) is 40.8 Å². The summed E-state index contributed by atoms with van der Waals surface area (Å²) in [4.78, 5) is 33.7. The molecule has 0 aliphatic heterocycles. The molecular weight excluding hydrogens is 480 g/mol. The average molecular weight is 513 g/mol. The Morgan fingerprint density at radius 1 is 1.08 bits per heavy atom. The second-order valence-electron chi connectivity index (χ2n) is 10.5. The first-order chi connectivity index (χ1) is 18.4. The number of carbonyl (C=O) groups is 1. The molecule has 9 nitrogen and oxygen atoms in total. The number of hydrogen-bond donors (Lipinski definition) is 2. The highest BCUT2D eigenvalue weighted by Crippen LogP contribution is 2.40. The number of anilines is 3. The van der Waals surface area contributed by atoms with Gasteiger partial charge in [-0.3, -0.25) is 9.59 Å². The molecule has 2 fully saturated rings. The van der Waals surface area contributed by atoms with E-state index in [1.165, 1.54) is 51.0 Å². The van der Waals surface area contributed by atoms with Gasteiger partial charge in [-0.1, -0.05) is 12.8 Å². The summed E-state index contributed by atoms with van der Waals surface area (Å²) in [6.45, 7) is 2.22. The molecule has 0 spiro atoms. The van der Waals surface area contributed by atoms with Crippen molar-refractivity contribution in [3.05, 3.63) is 64.7 Å². The van der Waals surface area contributed by atoms with Gasteiger partial charge in [0.1, 0.15) is 23.0 Å². The van der Waals surface area contributed by atoms with E-state index < -0.39 is 0 Å². The van der Waals surface area contributed by atoms with Gasteiger partial charge in [0.25, 0.3) is 5.56 Å². The number of aryl methyl sites for hydroxylation is 1. The number of fused-ring (bicyclic) bond motifs is 1. The molecule has 3 aromatic heterocycles. The molecule has 2 saturated carbocycles. The van der Waals surface area contributed by atoms with Gasteiger partial charge in [-0.05, 0) is 67.3 Å². The summed E-state index contributed by atoms with van der Waals surface area (Å²) in [6.07, 6.45) is 10.9. The number of ether oxygens (including phenoxy) is 1. The number of aromatic nitrogens is 4. The fourth-order valence-corrected chi connectivity index (χ4v) is 5.32. The molecule has 0 saturated heterocycles. The van der Waals surface area contributed by atoms with Crippen LogP contribution in [0.15, 0.2) is 53.6 Å². The van der Waals surface area contributed by atoms with Crippen LogP contribution in [0.3, 0.4) is 0 Å². The number of amides is 1. The predicted octanol–water partition coefficient (Wildman–Crippen LogP) is 5.69. The Balaban J connectivity index is 1.27. The molecule has 6 rings (SSSR count). The van der Waals surface area contributed by atoms with Crippen molar-refractivity contribution in [2.24, 2.45) is 13.0 Å². The van der Waals surface area contributed by atoms with E-state index in [4.69, 9.17) is 9.72 Å². The lowest BCUT2D eigenvalue weighted by Gasteiger charge is -2.16. The highest BCUT2D eigenvalue weighted by molar-refractivity contribution is 5.87. The Morgan fingerprint density at radius 2 is 1.87 bits per heavy atom. The quantitative estimate of drug-likeness (QED) is 0.314. The third-order valence-electron chi connectivity index (χ3n) is 7.46. The minimum absolute atomic E-state index is 0.00467. The summed E-state index contributed by atoms with van der Waals surface area (Å²) in [5.41, 5.74) is 3.47. The van der Waals surface area contributed by atoms with Crippen LogP contribution in [0.4, 0.5) is 17.5 Å². The molecule has 0 radical (unpaired) electrons. The molecule has 4 aromatic rings. The number of carbonyl (C=O) groups excluding carboxylic acids is 1. The summed E-state index contributed by atoms with van der Waals surface area (Å²) < 4.78 is 9.89. The van der Waals surface area contributed by atoms with Crippen LogP contribution in [0, 0.1) is 5.92 Å². The molecule has 3 heterocycles. The molecule has 2 aliphatic carbocycles. The molecule has 196 valence electrons. The molecule has 2 aliphatic rings. The molecule has 0 bridgehead atoms. The number of rotatable bonds is 8. The second kappa shape index (κ2) is 9.96. The summed E-state index contributed by atoms with van der Waals surface area (Å²) in [5.74, 6) is 3.15. The first-order valence-corrected chi connectivity index (χ1v) is 13.3. The zero-order valence-electron chi connectivity index (χ0n) is 21.7. The largest absolute Gasteiger partial charge is 0.457 e. The molecule has 38 heavy (non-hydrogen) atoms. The zero-order chi connectivity index (χ0) is 26.2. The molecule has 2 N–H and O–H groups in total. The summed E-state index contributed by atoms with van der Waals surface area (Å²) in [7, 11) is 1.92. The van der Waals surface area contributed by atoms with E-state index in [1.807, 2.05) is 40.4 Å². The standard InChI is InChI=1S/C29H32N6O3/c1-18(36)31-27-15-23(11-12-30-27)38-22-9-10-24-26(14-22)34(2)29(32-24)33-25-13-21(20-7-8-20)17-35(28(25)37)16-19-5-3-4-6-19/h9-15,17,19-20H,3-8,16H2,1-2H3,(H,32,33)(H,30,31,36). The Hall–Kier alpha value is -4.14. The van der Waals surface area contributed by atoms with Crippen molar-refractivity contribution in [3.8, 4) is 11.5 Å². The Bertz CT molecular complexity index is 1560. The van der Waals surface area contributed by atoms with Gasteiger partial charge in [0.15, 0.2) is 0 Å². The zero-order valence-corrected chi connectivity index (χ0v) is 21.7. The Kier molecular flexibility index (Phi) is 6.35. The predicted molar refractivity (Wildman–Crippen MR) is 147 cm³/mol. The second-order valence-corrected chi connectivity index (χ2v) is 10.5. The minimum Gasteiger partial charge on any atom is -0.457 e. The van der Waals surface area contributed by atoms with Crippen molar-refractivity contribution < 1.29 is 9.53 Å². The van der Waals surface area contributed by atoms with Gasteiger partial charge in [-0.15, -0.1) is 0 Å². The van der Waals surface area contributed by atoms with Crippen LogP contribution in [-0.4, -0.2) is 25.0 Å². The number of hydrogen-bond acceptors (Lipinski definition) is 6. The highest BCUT2D eigenvalue weighted by atomic mass is 16.5. The number of pyridine rings is 2. The van der Waals surface area contributed by atoms with Crippen LogP contribution in [0.25, 0.3) is 11.0 Å². The fourth-order valence-electron chi connectivity index (χ4n) is 5.32. The van der Waals surface area contributed by atoms with Crippen molar-refractivity contribution in [2.75, 3.05) is 10.6 Å². The Labute approximate surface area is 220 Å². The van der Waals surface area contributed by atoms with Crippen LogP contribution >= 0.6 is 0 Å². The summed E-state index contributed by atoms with van der Waals surface area (Å²) in [6, 6.07) is 11.1. The highest BCUT2D eigenvalue weighted by Gasteiger charge is 2.26. The van der Waals surface area contributed by atoms with Crippen LogP contribution in [0.5, 0.6) is 11.5 Å². The van der Waals surface area contributed by atoms with Gasteiger partial charge in [-0.25, -0.2) is 9.97 Å². The third-order valence-corrected chi connectivity index (χ3v) is 7.46. The Morgan fingerprint density at radius 3 is 2.63 bits per heavy atom. The van der Waals surface area contributed by atoms with E-state index in [0.717, 1.165) is 17.6 Å². The lowest BCUT2D eigenvalue weighted by Crippen LogP contribution is -2.26. The van der Waals surface area contributed by atoms with E-state index in [2.05, 4.69) is 21.8 Å². The van der Waals surface area contributed by atoms with Crippen molar-refractivity contribution >= 4 is 34.4 Å². The lowest BCUT2D eigenvalue weighted by atomic mass is 10.1. The van der Waals surface area contributed by atoms with E-state index >= 15 is 0 Å². The average Bonchev–Trinajstić information content (AvgIpc) is 3.53. The molecule has 0 unspecified atom stereocenters. The van der Waals surface area contributed by atoms with Gasteiger partial charge in [0.05, 0.1) is 11.0 Å². The van der Waals surface area contributed by atoms with Crippen LogP contribution < -0.4 is 20.9 Å². The van der Waals surface area contributed by atoms with Crippen molar-refractivity contribution in [1.82, 2.24) is 19.1 Å². The topological polar surface area (TPSA) is 103 Å². The number of benzene rings is 1. The smallest absolute Gasteiger partial charge is 0.274 e. The monoisotopic (exact) mass is 512 g/mol. The van der Waals surface area contributed by atoms with Crippen LogP contribution in [0.2, 0.25) is 0 Å². The van der Waals surface area contributed by atoms with E-state index in [1.54, 1.807) is 18.3 Å². The van der Waals surface area contributed by atoms with Crippen LogP contribution in [0.1, 0.15) is 56.9 Å². The first kappa shape index (κ1) is 24.2. The minimum atomic E-state index is -0.195. The lowest BCUT2D eigenvalue weighted by molar-refractivity contribution is -0.114. The van der Waals surface area contributed by atoms with Gasteiger partial charge < -0.3 is 24.5 Å². The fraction of sp³-hybridized carbons (Fsp3) is 0.379. The number of nitrogens with zero attached hydrogens (tertiary/aromatic N) is 4. The SMILES string of the molecule is CC(=O)Nc1cc(Oc2ccc3nc(Nc4cc(C5CC5)cn(CC5CCCC5)c4=O)n(C)c3c2)ccn1. The molecule has 1 amide bonds. The molecule has 9 heteroatoms. The maximum absolute atomic E-state index is 13.4. The summed E-state index contributed by atoms with van der Waals surface area (Å²) >= 11 is 0. The van der Waals surface area contributed by atoms with Gasteiger partial charge in [-0.2, -0.15) is 0 Å². The normalized spacial score (nSPS) is 15.6. The van der Waals surface area contributed by atoms with Crippen molar-refractivity contribution in [2.45, 2.75) is 57.9 Å². The maximum atomic E-state index is 13.4. The molecule has 0 atom stereocenters. The summed E-state index contributed by atoms with van der Waals surface area (Å²) in [5, 5.41) is 6.00.